The fourth-order valence-electron chi connectivity index (χ4n) is 3.22. The van der Waals surface area contributed by atoms with Gasteiger partial charge < -0.3 is 10.2 Å². The summed E-state index contributed by atoms with van der Waals surface area (Å²) in [6.07, 6.45) is 8.12. The Labute approximate surface area is 98.5 Å². The number of aliphatic hydroxyl groups excluding tert-OH is 2. The van der Waals surface area contributed by atoms with Crippen molar-refractivity contribution >= 4 is 0 Å². The van der Waals surface area contributed by atoms with E-state index < -0.39 is 0 Å². The number of likely N-dealkylation sites (tertiary alicyclic amines) is 1. The van der Waals surface area contributed by atoms with Gasteiger partial charge in [-0.25, -0.2) is 0 Å². The van der Waals surface area contributed by atoms with Crippen LogP contribution in [0.4, 0.5) is 0 Å². The molecule has 1 aliphatic heterocycles. The Morgan fingerprint density at radius 3 is 2.56 bits per heavy atom. The third-order valence-corrected chi connectivity index (χ3v) is 4.30. The van der Waals surface area contributed by atoms with Crippen LogP contribution in [-0.4, -0.2) is 47.0 Å². The van der Waals surface area contributed by atoms with E-state index in [2.05, 4.69) is 4.90 Å². The third-order valence-electron chi connectivity index (χ3n) is 4.30. The van der Waals surface area contributed by atoms with Gasteiger partial charge in [0.05, 0.1) is 12.7 Å². The molecule has 0 aromatic carbocycles. The molecule has 94 valence electrons. The Morgan fingerprint density at radius 1 is 1.00 bits per heavy atom. The van der Waals surface area contributed by atoms with Crippen molar-refractivity contribution in [1.82, 2.24) is 4.90 Å². The van der Waals surface area contributed by atoms with Crippen LogP contribution in [0.1, 0.15) is 44.9 Å². The Kier molecular flexibility index (Phi) is 4.62. The molecule has 3 heteroatoms. The standard InChI is InChI=1S/C13H25NO2/c15-10-12-6-2-1-3-8-14(12)9-11-5-4-7-13(11)16/h11-13,15-16H,1-10H2. The highest BCUT2D eigenvalue weighted by Crippen LogP contribution is 2.28. The van der Waals surface area contributed by atoms with Gasteiger partial charge in [0, 0.05) is 12.6 Å². The molecule has 2 aliphatic rings. The zero-order valence-corrected chi connectivity index (χ0v) is 10.1. The fourth-order valence-corrected chi connectivity index (χ4v) is 3.22. The summed E-state index contributed by atoms with van der Waals surface area (Å²) < 4.78 is 0. The molecule has 0 bridgehead atoms. The van der Waals surface area contributed by atoms with Crippen molar-refractivity contribution in [2.24, 2.45) is 5.92 Å². The summed E-state index contributed by atoms with van der Waals surface area (Å²) in [4.78, 5) is 2.42. The molecule has 1 saturated heterocycles. The molecule has 2 N–H and O–H groups in total. The summed E-state index contributed by atoms with van der Waals surface area (Å²) in [6, 6.07) is 0.343. The molecule has 3 nitrogen and oxygen atoms in total. The topological polar surface area (TPSA) is 43.7 Å². The molecular weight excluding hydrogens is 202 g/mol. The maximum Gasteiger partial charge on any atom is 0.0586 e. The Balaban J connectivity index is 1.89. The number of hydrogen-bond donors (Lipinski definition) is 2. The number of hydrogen-bond acceptors (Lipinski definition) is 3. The predicted octanol–water partition coefficient (Wildman–Crippen LogP) is 1.38. The van der Waals surface area contributed by atoms with Gasteiger partial charge in [-0.15, -0.1) is 0 Å². The normalized spacial score (nSPS) is 37.5. The predicted molar refractivity (Wildman–Crippen MR) is 64.3 cm³/mol. The maximum atomic E-state index is 9.86. The van der Waals surface area contributed by atoms with Crippen LogP contribution < -0.4 is 0 Å². The van der Waals surface area contributed by atoms with Crippen molar-refractivity contribution in [3.63, 3.8) is 0 Å². The van der Waals surface area contributed by atoms with Crippen LogP contribution >= 0.6 is 0 Å². The second kappa shape index (κ2) is 5.99. The summed E-state index contributed by atoms with van der Waals surface area (Å²) >= 11 is 0. The van der Waals surface area contributed by atoms with Gasteiger partial charge >= 0.3 is 0 Å². The molecule has 2 fully saturated rings. The van der Waals surface area contributed by atoms with Crippen LogP contribution in [0.2, 0.25) is 0 Å². The zero-order valence-electron chi connectivity index (χ0n) is 10.1. The second-order valence-electron chi connectivity index (χ2n) is 5.44. The van der Waals surface area contributed by atoms with E-state index in [4.69, 9.17) is 0 Å². The SMILES string of the molecule is OCC1CCCCCN1CC1CCCC1O. The van der Waals surface area contributed by atoms with E-state index in [0.717, 1.165) is 32.4 Å². The lowest BCUT2D eigenvalue weighted by atomic mass is 10.0. The first-order valence-electron chi connectivity index (χ1n) is 6.84. The van der Waals surface area contributed by atoms with Crippen LogP contribution in [0.25, 0.3) is 0 Å². The maximum absolute atomic E-state index is 9.86. The summed E-state index contributed by atoms with van der Waals surface area (Å²) in [5, 5.41) is 19.3. The Bertz CT molecular complexity index is 210. The van der Waals surface area contributed by atoms with Crippen molar-refractivity contribution in [3.8, 4) is 0 Å². The van der Waals surface area contributed by atoms with Gasteiger partial charge in [0.2, 0.25) is 0 Å². The largest absolute Gasteiger partial charge is 0.395 e. The highest BCUT2D eigenvalue weighted by molar-refractivity contribution is 4.83. The lowest BCUT2D eigenvalue weighted by Gasteiger charge is -2.31. The first-order chi connectivity index (χ1) is 7.81. The number of nitrogens with zero attached hydrogens (tertiary/aromatic N) is 1. The van der Waals surface area contributed by atoms with Crippen LogP contribution in [0, 0.1) is 5.92 Å². The summed E-state index contributed by atoms with van der Waals surface area (Å²) in [5.74, 6) is 0.451. The molecule has 0 aromatic heterocycles. The highest BCUT2D eigenvalue weighted by Gasteiger charge is 2.29. The van der Waals surface area contributed by atoms with Crippen molar-refractivity contribution in [1.29, 1.82) is 0 Å². The molecule has 3 unspecified atom stereocenters. The minimum atomic E-state index is -0.0948. The molecule has 1 aliphatic carbocycles. The second-order valence-corrected chi connectivity index (χ2v) is 5.44. The molecule has 1 heterocycles. The van der Waals surface area contributed by atoms with Gasteiger partial charge in [-0.1, -0.05) is 19.3 Å². The first kappa shape index (κ1) is 12.3. The van der Waals surface area contributed by atoms with E-state index in [1.165, 1.54) is 25.7 Å². The van der Waals surface area contributed by atoms with Gasteiger partial charge in [0.1, 0.15) is 0 Å². The van der Waals surface area contributed by atoms with E-state index >= 15 is 0 Å². The highest BCUT2D eigenvalue weighted by atomic mass is 16.3. The van der Waals surface area contributed by atoms with E-state index in [-0.39, 0.29) is 12.7 Å². The zero-order chi connectivity index (χ0) is 11.4. The first-order valence-corrected chi connectivity index (χ1v) is 6.84. The van der Waals surface area contributed by atoms with Gasteiger partial charge in [-0.2, -0.15) is 0 Å². The third kappa shape index (κ3) is 2.96. The molecule has 1 saturated carbocycles. The average Bonchev–Trinajstić information content (AvgIpc) is 2.56. The van der Waals surface area contributed by atoms with Gasteiger partial charge in [0.15, 0.2) is 0 Å². The molecule has 0 radical (unpaired) electrons. The van der Waals surface area contributed by atoms with Crippen molar-refractivity contribution < 1.29 is 10.2 Å². The van der Waals surface area contributed by atoms with E-state index in [9.17, 15) is 10.2 Å². The number of rotatable bonds is 3. The van der Waals surface area contributed by atoms with Gasteiger partial charge in [-0.05, 0) is 38.1 Å². The van der Waals surface area contributed by atoms with Crippen molar-refractivity contribution in [2.75, 3.05) is 19.7 Å². The van der Waals surface area contributed by atoms with Gasteiger partial charge in [-0.3, -0.25) is 4.90 Å². The number of aliphatic hydroxyl groups is 2. The average molecular weight is 227 g/mol. The van der Waals surface area contributed by atoms with Crippen LogP contribution in [-0.2, 0) is 0 Å². The summed E-state index contributed by atoms with van der Waals surface area (Å²) in [6.45, 7) is 2.38. The lowest BCUT2D eigenvalue weighted by molar-refractivity contribution is 0.0664. The summed E-state index contributed by atoms with van der Waals surface area (Å²) in [5.41, 5.74) is 0. The van der Waals surface area contributed by atoms with Gasteiger partial charge in [0.25, 0.3) is 0 Å². The fraction of sp³-hybridized carbons (Fsp3) is 1.00. The molecule has 0 amide bonds. The quantitative estimate of drug-likeness (QED) is 0.765. The molecular formula is C13H25NO2. The van der Waals surface area contributed by atoms with E-state index in [1.807, 2.05) is 0 Å². The molecule has 16 heavy (non-hydrogen) atoms. The molecule has 2 rings (SSSR count). The Morgan fingerprint density at radius 2 is 1.88 bits per heavy atom. The lowest BCUT2D eigenvalue weighted by Crippen LogP contribution is -2.42. The van der Waals surface area contributed by atoms with E-state index in [1.54, 1.807) is 0 Å². The minimum Gasteiger partial charge on any atom is -0.395 e. The van der Waals surface area contributed by atoms with Crippen molar-refractivity contribution in [2.45, 2.75) is 57.1 Å². The van der Waals surface area contributed by atoms with Crippen LogP contribution in [0.3, 0.4) is 0 Å². The smallest absolute Gasteiger partial charge is 0.0586 e. The monoisotopic (exact) mass is 227 g/mol. The van der Waals surface area contributed by atoms with E-state index in [0.29, 0.717) is 12.0 Å². The van der Waals surface area contributed by atoms with Crippen molar-refractivity contribution in [3.05, 3.63) is 0 Å². The van der Waals surface area contributed by atoms with Crippen LogP contribution in [0.15, 0.2) is 0 Å². The van der Waals surface area contributed by atoms with Crippen LogP contribution in [0.5, 0.6) is 0 Å². The molecule has 0 aromatic rings. The Hall–Kier alpha value is -0.120. The molecule has 0 spiro atoms. The molecule has 3 atom stereocenters. The minimum absolute atomic E-state index is 0.0948. The summed E-state index contributed by atoms with van der Waals surface area (Å²) in [7, 11) is 0.